The van der Waals surface area contributed by atoms with Crippen LogP contribution in [0, 0.1) is 0 Å². The molecule has 0 spiro atoms. The minimum atomic E-state index is -0.643. The number of thiophene rings is 1. The maximum atomic E-state index is 12.9. The Kier molecular flexibility index (Phi) is 7.29. The number of hydrogen-bond acceptors (Lipinski definition) is 6. The van der Waals surface area contributed by atoms with Gasteiger partial charge in [0.05, 0.1) is 18.2 Å². The predicted octanol–water partition coefficient (Wildman–Crippen LogP) is 3.91. The van der Waals surface area contributed by atoms with Gasteiger partial charge in [-0.05, 0) is 57.1 Å². The van der Waals surface area contributed by atoms with Gasteiger partial charge in [-0.15, -0.1) is 11.3 Å². The van der Waals surface area contributed by atoms with Gasteiger partial charge in [0.15, 0.2) is 0 Å². The Morgan fingerprint density at radius 2 is 2.03 bits per heavy atom. The Bertz CT molecular complexity index is 921. The van der Waals surface area contributed by atoms with Crippen molar-refractivity contribution in [2.45, 2.75) is 25.8 Å². The highest BCUT2D eigenvalue weighted by Gasteiger charge is 2.46. The number of ether oxygens (including phenoxy) is 1. The van der Waals surface area contributed by atoms with Crippen LogP contribution in [0.3, 0.4) is 0 Å². The molecule has 1 fully saturated rings. The molecule has 1 saturated heterocycles. The third-order valence-electron chi connectivity index (χ3n) is 4.94. The number of amides is 1. The van der Waals surface area contributed by atoms with Gasteiger partial charge in [0.25, 0.3) is 11.7 Å². The number of hydrogen-bond donors (Lipinski definition) is 1. The molecule has 2 heterocycles. The molecule has 1 aromatic carbocycles. The molecule has 1 N–H and O–H groups in total. The molecule has 6 nitrogen and oxygen atoms in total. The van der Waals surface area contributed by atoms with E-state index in [1.54, 1.807) is 23.1 Å². The van der Waals surface area contributed by atoms with Gasteiger partial charge >= 0.3 is 0 Å². The lowest BCUT2D eigenvalue weighted by molar-refractivity contribution is -0.139. The first kappa shape index (κ1) is 22.1. The molecule has 1 aliphatic rings. The van der Waals surface area contributed by atoms with Crippen molar-refractivity contribution in [1.29, 1.82) is 0 Å². The monoisotopic (exact) mass is 428 g/mol. The quantitative estimate of drug-likeness (QED) is 0.373. The SMILES string of the molecule is CCCOc1cccc(/C(O)=C2/C(=O)C(=O)N(CCCN(C)C)C2c2cccs2)c1. The molecule has 1 amide bonds. The van der Waals surface area contributed by atoms with Crippen molar-refractivity contribution < 1.29 is 19.4 Å². The maximum absolute atomic E-state index is 12.9. The van der Waals surface area contributed by atoms with Crippen LogP contribution in [-0.2, 0) is 9.59 Å². The number of rotatable bonds is 9. The van der Waals surface area contributed by atoms with E-state index in [9.17, 15) is 14.7 Å². The zero-order chi connectivity index (χ0) is 21.7. The summed E-state index contributed by atoms with van der Waals surface area (Å²) in [6, 6.07) is 10.2. The Morgan fingerprint density at radius 3 is 2.70 bits per heavy atom. The molecule has 0 bridgehead atoms. The van der Waals surface area contributed by atoms with E-state index in [4.69, 9.17) is 4.74 Å². The van der Waals surface area contributed by atoms with Crippen LogP contribution >= 0.6 is 11.3 Å². The smallest absolute Gasteiger partial charge is 0.295 e. The number of aliphatic hydroxyl groups excluding tert-OH is 1. The summed E-state index contributed by atoms with van der Waals surface area (Å²) in [6.45, 7) is 3.83. The first-order chi connectivity index (χ1) is 14.4. The fraction of sp³-hybridized carbons (Fsp3) is 0.391. The van der Waals surface area contributed by atoms with Crippen LogP contribution in [0.5, 0.6) is 5.75 Å². The standard InChI is InChI=1S/C23H28N2O4S/c1-4-13-29-17-9-5-8-16(15-17)21(26)19-20(18-10-6-14-30-18)25(23(28)22(19)27)12-7-11-24(2)3/h5-6,8-10,14-15,20,26H,4,7,11-13H2,1-3H3/b21-19-. The Balaban J connectivity index is 2.00. The molecule has 1 aromatic heterocycles. The Morgan fingerprint density at radius 1 is 1.23 bits per heavy atom. The van der Waals surface area contributed by atoms with E-state index in [0.29, 0.717) is 24.5 Å². The highest BCUT2D eigenvalue weighted by atomic mass is 32.1. The van der Waals surface area contributed by atoms with E-state index in [1.165, 1.54) is 11.3 Å². The molecule has 0 radical (unpaired) electrons. The zero-order valence-electron chi connectivity index (χ0n) is 17.6. The van der Waals surface area contributed by atoms with Gasteiger partial charge < -0.3 is 19.6 Å². The summed E-state index contributed by atoms with van der Waals surface area (Å²) in [5.41, 5.74) is 0.608. The van der Waals surface area contributed by atoms with E-state index < -0.39 is 17.7 Å². The lowest BCUT2D eigenvalue weighted by atomic mass is 9.99. The van der Waals surface area contributed by atoms with Crippen molar-refractivity contribution in [2.24, 2.45) is 0 Å². The van der Waals surface area contributed by atoms with E-state index in [0.717, 1.165) is 24.3 Å². The highest BCUT2D eigenvalue weighted by Crippen LogP contribution is 2.41. The van der Waals surface area contributed by atoms with Gasteiger partial charge in [-0.3, -0.25) is 9.59 Å². The summed E-state index contributed by atoms with van der Waals surface area (Å²) < 4.78 is 5.65. The lowest BCUT2D eigenvalue weighted by Crippen LogP contribution is -2.32. The minimum absolute atomic E-state index is 0.139. The molecule has 1 aliphatic heterocycles. The predicted molar refractivity (Wildman–Crippen MR) is 119 cm³/mol. The fourth-order valence-corrected chi connectivity index (χ4v) is 4.36. The number of likely N-dealkylation sites (tertiary alicyclic amines) is 1. The third-order valence-corrected chi connectivity index (χ3v) is 5.86. The van der Waals surface area contributed by atoms with E-state index in [2.05, 4.69) is 0 Å². The van der Waals surface area contributed by atoms with Crippen LogP contribution in [-0.4, -0.2) is 60.4 Å². The van der Waals surface area contributed by atoms with Crippen LogP contribution in [0.2, 0.25) is 0 Å². The summed E-state index contributed by atoms with van der Waals surface area (Å²) >= 11 is 1.47. The number of ketones is 1. The van der Waals surface area contributed by atoms with Gasteiger partial charge in [0, 0.05) is 17.0 Å². The van der Waals surface area contributed by atoms with Crippen molar-refractivity contribution in [3.8, 4) is 5.75 Å². The van der Waals surface area contributed by atoms with Crippen LogP contribution in [0.1, 0.15) is 36.2 Å². The third kappa shape index (κ3) is 4.74. The van der Waals surface area contributed by atoms with Crippen LogP contribution in [0.4, 0.5) is 0 Å². The van der Waals surface area contributed by atoms with Crippen molar-refractivity contribution in [1.82, 2.24) is 9.80 Å². The second-order valence-corrected chi connectivity index (χ2v) is 8.52. The van der Waals surface area contributed by atoms with Gasteiger partial charge in [-0.25, -0.2) is 0 Å². The Labute approximate surface area is 181 Å². The van der Waals surface area contributed by atoms with E-state index >= 15 is 0 Å². The molecule has 2 aromatic rings. The number of carbonyl (C=O) groups is 2. The van der Waals surface area contributed by atoms with Crippen molar-refractivity contribution in [3.63, 3.8) is 0 Å². The topological polar surface area (TPSA) is 70.1 Å². The van der Waals surface area contributed by atoms with Crippen molar-refractivity contribution in [2.75, 3.05) is 33.8 Å². The molecular weight excluding hydrogens is 400 g/mol. The highest BCUT2D eigenvalue weighted by molar-refractivity contribution is 7.10. The van der Waals surface area contributed by atoms with Gasteiger partial charge in [0.1, 0.15) is 11.5 Å². The van der Waals surface area contributed by atoms with Crippen LogP contribution < -0.4 is 4.74 Å². The van der Waals surface area contributed by atoms with Gasteiger partial charge in [-0.2, -0.15) is 0 Å². The zero-order valence-corrected chi connectivity index (χ0v) is 18.4. The number of benzene rings is 1. The number of carbonyl (C=O) groups excluding carboxylic acids is 2. The summed E-state index contributed by atoms with van der Waals surface area (Å²) in [5.74, 6) is -0.750. The van der Waals surface area contributed by atoms with Crippen molar-refractivity contribution >= 4 is 28.8 Å². The van der Waals surface area contributed by atoms with Crippen LogP contribution in [0.25, 0.3) is 5.76 Å². The summed E-state index contributed by atoms with van der Waals surface area (Å²) in [5, 5.41) is 13.0. The largest absolute Gasteiger partial charge is 0.507 e. The van der Waals surface area contributed by atoms with E-state index in [-0.39, 0.29) is 11.3 Å². The molecule has 30 heavy (non-hydrogen) atoms. The average Bonchev–Trinajstić information content (AvgIpc) is 3.34. The van der Waals surface area contributed by atoms with Crippen LogP contribution in [0.15, 0.2) is 47.4 Å². The van der Waals surface area contributed by atoms with Gasteiger partial charge in [0.2, 0.25) is 0 Å². The fourth-order valence-electron chi connectivity index (χ4n) is 3.52. The average molecular weight is 429 g/mol. The minimum Gasteiger partial charge on any atom is -0.507 e. The van der Waals surface area contributed by atoms with E-state index in [1.807, 2.05) is 49.5 Å². The second-order valence-electron chi connectivity index (χ2n) is 7.54. The normalized spacial score (nSPS) is 18.4. The first-order valence-corrected chi connectivity index (χ1v) is 11.0. The van der Waals surface area contributed by atoms with Crippen molar-refractivity contribution in [3.05, 3.63) is 57.8 Å². The molecule has 1 atom stereocenters. The summed E-state index contributed by atoms with van der Waals surface area (Å²) in [6.07, 6.45) is 1.61. The molecule has 7 heteroatoms. The lowest BCUT2D eigenvalue weighted by Gasteiger charge is -2.24. The number of Topliss-reactive ketones (excluding diaryl/α,β-unsaturated/α-hetero) is 1. The summed E-state index contributed by atoms with van der Waals surface area (Å²) in [4.78, 5) is 30.3. The molecule has 3 rings (SSSR count). The molecule has 1 unspecified atom stereocenters. The molecule has 0 aliphatic carbocycles. The molecule has 160 valence electrons. The molecular formula is C23H28N2O4S. The van der Waals surface area contributed by atoms with Gasteiger partial charge in [-0.1, -0.05) is 25.1 Å². The number of nitrogens with zero attached hydrogens (tertiary/aromatic N) is 2. The second kappa shape index (κ2) is 9.91. The summed E-state index contributed by atoms with van der Waals surface area (Å²) in [7, 11) is 3.94. The maximum Gasteiger partial charge on any atom is 0.295 e. The molecule has 0 saturated carbocycles. The first-order valence-electron chi connectivity index (χ1n) is 10.1. The number of aliphatic hydroxyl groups is 1. The Hall–Kier alpha value is -2.64.